The Morgan fingerprint density at radius 1 is 1.16 bits per heavy atom. The van der Waals surface area contributed by atoms with Crippen molar-refractivity contribution in [2.24, 2.45) is 0 Å². The van der Waals surface area contributed by atoms with Gasteiger partial charge in [-0.3, -0.25) is 4.57 Å². The number of thiophene rings is 1. The van der Waals surface area contributed by atoms with Crippen molar-refractivity contribution in [2.75, 3.05) is 0 Å². The summed E-state index contributed by atoms with van der Waals surface area (Å²) in [5.74, 6) is 0.758. The lowest BCUT2D eigenvalue weighted by molar-refractivity contribution is 0.730. The van der Waals surface area contributed by atoms with Gasteiger partial charge in [0.25, 0.3) is 0 Å². The summed E-state index contributed by atoms with van der Waals surface area (Å²) in [6.07, 6.45) is 3.43. The molecular formula is C22H17ClN6S2. The molecule has 0 amide bonds. The van der Waals surface area contributed by atoms with E-state index in [2.05, 4.69) is 39.7 Å². The third kappa shape index (κ3) is 3.60. The fourth-order valence-corrected chi connectivity index (χ4v) is 5.84. The smallest absolute Gasteiger partial charge is 0.198 e. The van der Waals surface area contributed by atoms with E-state index in [9.17, 15) is 0 Å². The normalized spacial score (nSPS) is 11.5. The highest BCUT2D eigenvalue weighted by Gasteiger charge is 2.19. The molecule has 0 N–H and O–H groups in total. The number of hydrogen-bond acceptors (Lipinski definition) is 7. The van der Waals surface area contributed by atoms with E-state index in [1.165, 1.54) is 17.3 Å². The first-order chi connectivity index (χ1) is 15.0. The number of hydrogen-bond donors (Lipinski definition) is 0. The first-order valence-electron chi connectivity index (χ1n) is 9.54. The average Bonchev–Trinajstić information content (AvgIpc) is 3.31. The second kappa shape index (κ2) is 8.03. The van der Waals surface area contributed by atoms with Gasteiger partial charge in [0.05, 0.1) is 10.2 Å². The average molecular weight is 465 g/mol. The Kier molecular flexibility index (Phi) is 5.21. The predicted molar refractivity (Wildman–Crippen MR) is 127 cm³/mol. The second-order valence-corrected chi connectivity index (χ2v) is 9.43. The van der Waals surface area contributed by atoms with E-state index in [4.69, 9.17) is 16.6 Å². The third-order valence-electron chi connectivity index (χ3n) is 4.84. The summed E-state index contributed by atoms with van der Waals surface area (Å²) in [5.41, 5.74) is 4.03. The zero-order chi connectivity index (χ0) is 21.5. The maximum atomic E-state index is 6.04. The molecule has 0 aliphatic heterocycles. The van der Waals surface area contributed by atoms with Crippen LogP contribution in [0.15, 0.2) is 59.5 Å². The summed E-state index contributed by atoms with van der Waals surface area (Å²) in [4.78, 5) is 14.8. The molecule has 9 heteroatoms. The number of allylic oxidation sites excluding steroid dienone is 1. The van der Waals surface area contributed by atoms with Crippen LogP contribution in [-0.2, 0) is 6.54 Å². The van der Waals surface area contributed by atoms with E-state index in [1.54, 1.807) is 17.7 Å². The number of pyridine rings is 1. The minimum Gasteiger partial charge on any atom is -0.298 e. The van der Waals surface area contributed by atoms with E-state index in [-0.39, 0.29) is 0 Å². The zero-order valence-corrected chi connectivity index (χ0v) is 19.2. The summed E-state index contributed by atoms with van der Waals surface area (Å²) in [6.45, 7) is 8.57. The summed E-state index contributed by atoms with van der Waals surface area (Å²) in [6, 6.07) is 9.65. The fraction of sp³-hybridized carbons (Fsp3) is 0.136. The maximum absolute atomic E-state index is 6.04. The van der Waals surface area contributed by atoms with Gasteiger partial charge in [-0.05, 0) is 61.5 Å². The summed E-state index contributed by atoms with van der Waals surface area (Å²) in [7, 11) is 0. The van der Waals surface area contributed by atoms with Gasteiger partial charge in [0, 0.05) is 28.2 Å². The molecule has 6 nitrogen and oxygen atoms in total. The number of rotatable bonds is 5. The Morgan fingerprint density at radius 2 is 1.97 bits per heavy atom. The van der Waals surface area contributed by atoms with Gasteiger partial charge in [0.15, 0.2) is 11.0 Å². The summed E-state index contributed by atoms with van der Waals surface area (Å²) in [5, 5.41) is 12.2. The SMILES string of the molecule is C=CCn1c(Sc2ncnc3c2sc2nc(C)cc(C)c23)nnc1-c1ccc(Cl)cc1. The molecule has 5 aromatic rings. The molecule has 0 unspecified atom stereocenters. The van der Waals surface area contributed by atoms with Crippen LogP contribution in [0, 0.1) is 13.8 Å². The highest BCUT2D eigenvalue weighted by molar-refractivity contribution is 7.99. The molecule has 0 bridgehead atoms. The van der Waals surface area contributed by atoms with Gasteiger partial charge in [0.2, 0.25) is 0 Å². The van der Waals surface area contributed by atoms with Gasteiger partial charge in [-0.1, -0.05) is 17.7 Å². The molecule has 0 saturated heterocycles. The minimum atomic E-state index is 0.577. The van der Waals surface area contributed by atoms with Crippen LogP contribution in [0.4, 0.5) is 0 Å². The first-order valence-corrected chi connectivity index (χ1v) is 11.6. The number of halogens is 1. The Bertz CT molecular complexity index is 1440. The molecular weight excluding hydrogens is 448 g/mol. The molecule has 4 heterocycles. The van der Waals surface area contributed by atoms with E-state index in [0.717, 1.165) is 47.7 Å². The second-order valence-electron chi connectivity index (χ2n) is 7.03. The Morgan fingerprint density at radius 3 is 2.74 bits per heavy atom. The van der Waals surface area contributed by atoms with Crippen LogP contribution in [0.2, 0.25) is 5.02 Å². The monoisotopic (exact) mass is 464 g/mol. The number of nitrogens with zero attached hydrogens (tertiary/aromatic N) is 6. The standard InChI is InChI=1S/C22H17ClN6S2/c1-4-9-29-19(14-5-7-15(23)8-6-14)27-28-22(29)31-21-18-17(24-11-25-21)16-12(2)10-13(3)26-20(16)30-18/h4-8,10-11H,1,9H2,2-3H3. The third-order valence-corrected chi connectivity index (χ3v) is 7.29. The molecule has 4 aromatic heterocycles. The molecule has 154 valence electrons. The van der Waals surface area contributed by atoms with Crippen LogP contribution in [0.5, 0.6) is 0 Å². The Hall–Kier alpha value is -2.81. The summed E-state index contributed by atoms with van der Waals surface area (Å²) < 4.78 is 3.03. The van der Waals surface area contributed by atoms with Crippen molar-refractivity contribution in [3.63, 3.8) is 0 Å². The molecule has 0 spiro atoms. The van der Waals surface area contributed by atoms with Crippen LogP contribution in [-0.4, -0.2) is 29.7 Å². The van der Waals surface area contributed by atoms with E-state index in [0.29, 0.717) is 11.6 Å². The number of fused-ring (bicyclic) bond motifs is 3. The highest BCUT2D eigenvalue weighted by atomic mass is 35.5. The molecule has 0 radical (unpaired) electrons. The van der Waals surface area contributed by atoms with Gasteiger partial charge in [-0.2, -0.15) is 0 Å². The van der Waals surface area contributed by atoms with Crippen molar-refractivity contribution in [1.82, 2.24) is 29.7 Å². The number of benzene rings is 1. The largest absolute Gasteiger partial charge is 0.298 e. The van der Waals surface area contributed by atoms with Gasteiger partial charge in [-0.25, -0.2) is 15.0 Å². The highest BCUT2D eigenvalue weighted by Crippen LogP contribution is 2.40. The lowest BCUT2D eigenvalue weighted by Gasteiger charge is -2.08. The molecule has 0 aliphatic carbocycles. The van der Waals surface area contributed by atoms with Gasteiger partial charge in [0.1, 0.15) is 16.2 Å². The van der Waals surface area contributed by atoms with E-state index < -0.39 is 0 Å². The predicted octanol–water partition coefficient (Wildman–Crippen LogP) is 6.11. The maximum Gasteiger partial charge on any atom is 0.198 e. The summed E-state index contributed by atoms with van der Waals surface area (Å²) >= 11 is 9.13. The molecule has 0 aliphatic rings. The molecule has 1 aromatic carbocycles. The van der Waals surface area contributed by atoms with Crippen molar-refractivity contribution < 1.29 is 0 Å². The molecule has 0 fully saturated rings. The molecule has 31 heavy (non-hydrogen) atoms. The lowest BCUT2D eigenvalue weighted by Crippen LogP contribution is -2.00. The Labute approximate surface area is 192 Å². The number of aryl methyl sites for hydroxylation is 2. The van der Waals surface area contributed by atoms with E-state index >= 15 is 0 Å². The van der Waals surface area contributed by atoms with Crippen LogP contribution >= 0.6 is 34.7 Å². The van der Waals surface area contributed by atoms with Crippen molar-refractivity contribution in [2.45, 2.75) is 30.6 Å². The van der Waals surface area contributed by atoms with E-state index in [1.807, 2.05) is 41.8 Å². The van der Waals surface area contributed by atoms with Crippen LogP contribution < -0.4 is 0 Å². The molecule has 0 atom stereocenters. The lowest BCUT2D eigenvalue weighted by atomic mass is 10.1. The minimum absolute atomic E-state index is 0.577. The quantitative estimate of drug-likeness (QED) is 0.231. The van der Waals surface area contributed by atoms with Crippen molar-refractivity contribution in [1.29, 1.82) is 0 Å². The van der Waals surface area contributed by atoms with Gasteiger partial charge < -0.3 is 0 Å². The fourth-order valence-electron chi connectivity index (χ4n) is 3.52. The zero-order valence-electron chi connectivity index (χ0n) is 16.8. The van der Waals surface area contributed by atoms with Crippen LogP contribution in [0.25, 0.3) is 31.8 Å². The van der Waals surface area contributed by atoms with Crippen LogP contribution in [0.1, 0.15) is 11.3 Å². The topological polar surface area (TPSA) is 69.4 Å². The van der Waals surface area contributed by atoms with Gasteiger partial charge in [-0.15, -0.1) is 28.1 Å². The molecule has 0 saturated carbocycles. The molecule has 5 rings (SSSR count). The van der Waals surface area contributed by atoms with Crippen molar-refractivity contribution >= 4 is 55.1 Å². The van der Waals surface area contributed by atoms with Crippen LogP contribution in [0.3, 0.4) is 0 Å². The number of aromatic nitrogens is 6. The Balaban J connectivity index is 1.62. The first kappa shape index (κ1) is 20.1. The van der Waals surface area contributed by atoms with Gasteiger partial charge >= 0.3 is 0 Å². The van der Waals surface area contributed by atoms with Crippen molar-refractivity contribution in [3.8, 4) is 11.4 Å². The van der Waals surface area contributed by atoms with Crippen molar-refractivity contribution in [3.05, 3.63) is 65.6 Å².